The molecule has 0 amide bonds. The highest BCUT2D eigenvalue weighted by Crippen LogP contribution is 1.98. The zero-order chi connectivity index (χ0) is 5.98. The summed E-state index contributed by atoms with van der Waals surface area (Å²) in [5.74, 6) is 0.301. The first-order valence-corrected chi connectivity index (χ1v) is 2.43. The van der Waals surface area contributed by atoms with Gasteiger partial charge >= 0.3 is 0 Å². The summed E-state index contributed by atoms with van der Waals surface area (Å²) < 4.78 is 1.79. The van der Waals surface area contributed by atoms with Crippen LogP contribution in [0.15, 0.2) is 24.5 Å². The van der Waals surface area contributed by atoms with Crippen molar-refractivity contribution in [3.05, 3.63) is 24.5 Å². The van der Waals surface area contributed by atoms with Crippen LogP contribution in [0.2, 0.25) is 0 Å². The van der Waals surface area contributed by atoms with Gasteiger partial charge in [-0.25, -0.2) is 4.57 Å². The largest absolute Gasteiger partial charge is 1.00 e. The maximum Gasteiger partial charge on any atom is 0.210 e. The fraction of sp³-hybridized carbons (Fsp3) is 0.167. The molecule has 0 aliphatic rings. The van der Waals surface area contributed by atoms with Crippen LogP contribution in [0.5, 0.6) is 5.75 Å². The Kier molecular flexibility index (Phi) is 3.24. The smallest absolute Gasteiger partial charge is 0.210 e. The Hall–Kier alpha value is -0.570. The lowest BCUT2D eigenvalue weighted by Crippen LogP contribution is -3.00. The molecule has 0 aliphatic heterocycles. The van der Waals surface area contributed by atoms with E-state index < -0.39 is 0 Å². The molecule has 1 aromatic heterocycles. The van der Waals surface area contributed by atoms with Gasteiger partial charge in [-0.1, -0.05) is 0 Å². The van der Waals surface area contributed by atoms with Crippen LogP contribution >= 0.6 is 0 Å². The summed E-state index contributed by atoms with van der Waals surface area (Å²) in [7, 11) is 1.86. The number of aromatic hydroxyl groups is 1. The van der Waals surface area contributed by atoms with Gasteiger partial charge in [0.15, 0.2) is 11.9 Å². The molecule has 0 unspecified atom stereocenters. The Bertz CT molecular complexity index is 173. The van der Waals surface area contributed by atoms with Gasteiger partial charge in [0, 0.05) is 6.07 Å². The van der Waals surface area contributed by atoms with Crippen molar-refractivity contribution in [2.24, 2.45) is 7.05 Å². The Balaban J connectivity index is 0.000000640. The first-order valence-electron chi connectivity index (χ1n) is 2.43. The molecule has 3 heteroatoms. The average Bonchev–Trinajstić information content (AvgIpc) is 1.64. The van der Waals surface area contributed by atoms with E-state index in [-0.39, 0.29) is 17.0 Å². The van der Waals surface area contributed by atoms with Crippen molar-refractivity contribution in [3.63, 3.8) is 0 Å². The number of hydrogen-bond acceptors (Lipinski definition) is 1. The molecule has 1 N–H and O–H groups in total. The molecule has 0 radical (unpaired) electrons. The van der Waals surface area contributed by atoms with E-state index in [4.69, 9.17) is 5.11 Å². The SMILES string of the molecule is C[n+]1cccc(O)c1.[Br-]. The lowest BCUT2D eigenvalue weighted by Gasteiger charge is -1.84. The maximum absolute atomic E-state index is 8.79. The zero-order valence-electron chi connectivity index (χ0n) is 5.08. The minimum atomic E-state index is 0. The average molecular weight is 190 g/mol. The summed E-state index contributed by atoms with van der Waals surface area (Å²) in [4.78, 5) is 0. The highest BCUT2D eigenvalue weighted by Gasteiger charge is 1.89. The van der Waals surface area contributed by atoms with E-state index in [1.807, 2.05) is 13.2 Å². The third kappa shape index (κ3) is 2.46. The van der Waals surface area contributed by atoms with Crippen LogP contribution in [0, 0.1) is 0 Å². The van der Waals surface area contributed by atoms with Crippen molar-refractivity contribution in [1.29, 1.82) is 0 Å². The van der Waals surface area contributed by atoms with Gasteiger partial charge < -0.3 is 22.1 Å². The number of aromatic nitrogens is 1. The van der Waals surface area contributed by atoms with E-state index in [1.165, 1.54) is 0 Å². The van der Waals surface area contributed by atoms with Gasteiger partial charge in [0.05, 0.1) is 0 Å². The molecular formula is C6H8BrNO. The van der Waals surface area contributed by atoms with Crippen molar-refractivity contribution in [3.8, 4) is 5.75 Å². The van der Waals surface area contributed by atoms with Gasteiger partial charge in [-0.05, 0) is 6.07 Å². The molecule has 2 nitrogen and oxygen atoms in total. The first-order chi connectivity index (χ1) is 3.79. The van der Waals surface area contributed by atoms with Crippen molar-refractivity contribution in [2.45, 2.75) is 0 Å². The second-order valence-electron chi connectivity index (χ2n) is 1.73. The molecular weight excluding hydrogens is 182 g/mol. The van der Waals surface area contributed by atoms with Gasteiger partial charge in [-0.3, -0.25) is 0 Å². The van der Waals surface area contributed by atoms with Gasteiger partial charge in [0.1, 0.15) is 7.05 Å². The Morgan fingerprint density at radius 1 is 1.56 bits per heavy atom. The minimum absolute atomic E-state index is 0. The van der Waals surface area contributed by atoms with Crippen molar-refractivity contribution >= 4 is 0 Å². The summed E-state index contributed by atoms with van der Waals surface area (Å²) in [5.41, 5.74) is 0. The third-order valence-corrected chi connectivity index (χ3v) is 0.924. The van der Waals surface area contributed by atoms with Crippen LogP contribution in [0.25, 0.3) is 0 Å². The topological polar surface area (TPSA) is 24.1 Å². The molecule has 1 aromatic rings. The van der Waals surface area contributed by atoms with Crippen LogP contribution in [-0.4, -0.2) is 5.11 Å². The number of aryl methyl sites for hydroxylation is 1. The van der Waals surface area contributed by atoms with Crippen LogP contribution in [-0.2, 0) is 7.05 Å². The normalized spacial score (nSPS) is 8.11. The predicted octanol–water partition coefficient (Wildman–Crippen LogP) is -2.78. The molecule has 0 saturated carbocycles. The van der Waals surface area contributed by atoms with Crippen LogP contribution in [0.4, 0.5) is 0 Å². The molecule has 9 heavy (non-hydrogen) atoms. The lowest BCUT2D eigenvalue weighted by atomic mass is 10.5. The fourth-order valence-electron chi connectivity index (χ4n) is 0.572. The summed E-state index contributed by atoms with van der Waals surface area (Å²) >= 11 is 0. The lowest BCUT2D eigenvalue weighted by molar-refractivity contribution is -0.671. The minimum Gasteiger partial charge on any atom is -1.00 e. The zero-order valence-corrected chi connectivity index (χ0v) is 6.67. The van der Waals surface area contributed by atoms with Crippen LogP contribution in [0.3, 0.4) is 0 Å². The Morgan fingerprint density at radius 2 is 2.22 bits per heavy atom. The van der Waals surface area contributed by atoms with E-state index in [0.717, 1.165) is 0 Å². The molecule has 0 aromatic carbocycles. The molecule has 0 atom stereocenters. The van der Waals surface area contributed by atoms with Gasteiger partial charge in [0.25, 0.3) is 0 Å². The molecule has 1 heterocycles. The summed E-state index contributed by atoms with van der Waals surface area (Å²) in [6.45, 7) is 0. The molecule has 1 rings (SSSR count). The van der Waals surface area contributed by atoms with Gasteiger partial charge in [-0.2, -0.15) is 0 Å². The number of halogens is 1. The quantitative estimate of drug-likeness (QED) is 0.440. The monoisotopic (exact) mass is 189 g/mol. The Morgan fingerprint density at radius 3 is 2.56 bits per heavy atom. The number of hydrogen-bond donors (Lipinski definition) is 1. The van der Waals surface area contributed by atoms with E-state index in [0.29, 0.717) is 5.75 Å². The van der Waals surface area contributed by atoms with E-state index >= 15 is 0 Å². The summed E-state index contributed by atoms with van der Waals surface area (Å²) in [5, 5.41) is 8.79. The van der Waals surface area contributed by atoms with E-state index in [9.17, 15) is 0 Å². The van der Waals surface area contributed by atoms with Gasteiger partial charge in [0.2, 0.25) is 6.20 Å². The second kappa shape index (κ2) is 3.45. The van der Waals surface area contributed by atoms with Gasteiger partial charge in [-0.15, -0.1) is 0 Å². The highest BCUT2D eigenvalue weighted by atomic mass is 79.9. The summed E-state index contributed by atoms with van der Waals surface area (Å²) in [6, 6.07) is 3.43. The molecule has 0 aliphatic carbocycles. The standard InChI is InChI=1S/C6H7NO.BrH/c1-7-4-2-3-6(8)5-7;/h2-5H,1H3;1H. The Labute approximate surface area is 64.5 Å². The van der Waals surface area contributed by atoms with Crippen molar-refractivity contribution in [1.82, 2.24) is 0 Å². The molecule has 0 fully saturated rings. The van der Waals surface area contributed by atoms with Crippen LogP contribution in [0.1, 0.15) is 0 Å². The highest BCUT2D eigenvalue weighted by molar-refractivity contribution is 5.09. The summed E-state index contributed by atoms with van der Waals surface area (Å²) in [6.07, 6.45) is 3.50. The van der Waals surface area contributed by atoms with Crippen LogP contribution < -0.4 is 21.5 Å². The maximum atomic E-state index is 8.79. The molecule has 0 bridgehead atoms. The predicted molar refractivity (Wildman–Crippen MR) is 29.3 cm³/mol. The first kappa shape index (κ1) is 8.43. The second-order valence-corrected chi connectivity index (χ2v) is 1.73. The molecule has 0 spiro atoms. The molecule has 50 valence electrons. The fourth-order valence-corrected chi connectivity index (χ4v) is 0.572. The number of pyridine rings is 1. The van der Waals surface area contributed by atoms with E-state index in [2.05, 4.69) is 0 Å². The van der Waals surface area contributed by atoms with Crippen molar-refractivity contribution in [2.75, 3.05) is 0 Å². The molecule has 0 saturated heterocycles. The third-order valence-electron chi connectivity index (χ3n) is 0.924. The number of rotatable bonds is 0. The number of nitrogens with zero attached hydrogens (tertiary/aromatic N) is 1. The van der Waals surface area contributed by atoms with Crippen molar-refractivity contribution < 1.29 is 26.7 Å². The van der Waals surface area contributed by atoms with E-state index in [1.54, 1.807) is 22.9 Å².